The predicted molar refractivity (Wildman–Crippen MR) is 189 cm³/mol. The van der Waals surface area contributed by atoms with Crippen LogP contribution in [0.25, 0.3) is 82.6 Å². The highest BCUT2D eigenvalue weighted by Crippen LogP contribution is 2.44. The van der Waals surface area contributed by atoms with Gasteiger partial charge in [0.25, 0.3) is 0 Å². The highest BCUT2D eigenvalue weighted by atomic mass is 15.0. The molecule has 0 radical (unpaired) electrons. The number of rotatable bonds is 4. The lowest BCUT2D eigenvalue weighted by Gasteiger charge is -2.18. The molecule has 9 aromatic rings. The van der Waals surface area contributed by atoms with Gasteiger partial charge in [-0.1, -0.05) is 140 Å². The molecule has 0 spiro atoms. The van der Waals surface area contributed by atoms with Crippen LogP contribution in [0.5, 0.6) is 0 Å². The Labute approximate surface area is 261 Å². The van der Waals surface area contributed by atoms with E-state index >= 15 is 0 Å². The van der Waals surface area contributed by atoms with Crippen molar-refractivity contribution in [2.45, 2.75) is 0 Å². The molecule has 0 saturated carbocycles. The number of pyridine rings is 1. The summed E-state index contributed by atoms with van der Waals surface area (Å²) in [5, 5.41) is 7.56. The normalized spacial score (nSPS) is 11.6. The fourth-order valence-electron chi connectivity index (χ4n) is 6.84. The summed E-state index contributed by atoms with van der Waals surface area (Å²) in [6.07, 6.45) is 4.28. The first-order valence-corrected chi connectivity index (χ1v) is 15.4. The Hall–Kier alpha value is -5.99. The molecule has 0 amide bonds. The molecule has 0 atom stereocenters. The molecular weight excluding hydrogens is 544 g/mol. The fraction of sp³-hybridized carbons (Fsp3) is 0. The van der Waals surface area contributed by atoms with Crippen molar-refractivity contribution in [1.29, 1.82) is 0 Å². The molecular formula is C43H28N2. The van der Waals surface area contributed by atoms with Crippen LogP contribution in [0.2, 0.25) is 0 Å². The molecule has 2 heteroatoms. The summed E-state index contributed by atoms with van der Waals surface area (Å²) in [5.41, 5.74) is 10.4. The molecule has 0 bridgehead atoms. The van der Waals surface area contributed by atoms with Gasteiger partial charge in [0.05, 0.1) is 5.69 Å². The number of fused-ring (bicyclic) bond motifs is 4. The van der Waals surface area contributed by atoms with E-state index < -0.39 is 0 Å². The van der Waals surface area contributed by atoms with Crippen LogP contribution < -0.4 is 0 Å². The van der Waals surface area contributed by atoms with Crippen LogP contribution in [-0.2, 0) is 0 Å². The van der Waals surface area contributed by atoms with Gasteiger partial charge < -0.3 is 4.40 Å². The second kappa shape index (κ2) is 10.3. The highest BCUT2D eigenvalue weighted by molar-refractivity contribution is 6.21. The zero-order valence-electron chi connectivity index (χ0n) is 24.6. The second-order valence-electron chi connectivity index (χ2n) is 11.7. The predicted octanol–water partition coefficient (Wildman–Crippen LogP) is 11.5. The molecule has 0 aliphatic carbocycles. The maximum Gasteiger partial charge on any atom is 0.137 e. The van der Waals surface area contributed by atoms with E-state index in [2.05, 4.69) is 168 Å². The average Bonchev–Trinajstić information content (AvgIpc) is 3.54. The van der Waals surface area contributed by atoms with Crippen LogP contribution in [0, 0.1) is 0 Å². The molecule has 0 fully saturated rings. The van der Waals surface area contributed by atoms with Crippen LogP contribution in [0.1, 0.15) is 0 Å². The molecule has 9 rings (SSSR count). The molecule has 0 aliphatic heterocycles. The summed E-state index contributed by atoms with van der Waals surface area (Å²) in [4.78, 5) is 4.95. The van der Waals surface area contributed by atoms with Crippen molar-refractivity contribution in [2.75, 3.05) is 0 Å². The van der Waals surface area contributed by atoms with Crippen molar-refractivity contribution in [3.8, 4) is 44.6 Å². The van der Waals surface area contributed by atoms with Gasteiger partial charge in [0, 0.05) is 18.0 Å². The standard InChI is InChI=1S/C43H28N2/c1-2-10-29(11-3-1)35-24-25-41-44-40(28-45(41)27-35)31-19-21-32(22-20-31)42-36-14-6-8-16-38(36)43(39-17-9-7-15-37(39)42)34-23-18-30-12-4-5-13-33(30)26-34/h1-28H. The molecule has 45 heavy (non-hydrogen) atoms. The molecule has 0 N–H and O–H groups in total. The van der Waals surface area contributed by atoms with Gasteiger partial charge in [-0.05, 0) is 83.9 Å². The molecule has 0 aliphatic rings. The third-order valence-corrected chi connectivity index (χ3v) is 9.00. The SMILES string of the molecule is c1ccc(-c2ccc3nc(-c4ccc(-c5c6ccccc6c(-c6ccc7ccccc7c6)c6ccccc56)cc4)cn3c2)cc1. The van der Waals surface area contributed by atoms with Crippen molar-refractivity contribution in [3.63, 3.8) is 0 Å². The second-order valence-corrected chi connectivity index (χ2v) is 11.7. The highest BCUT2D eigenvalue weighted by Gasteiger charge is 2.17. The average molecular weight is 573 g/mol. The molecule has 2 aromatic heterocycles. The maximum absolute atomic E-state index is 4.95. The maximum atomic E-state index is 4.95. The first-order chi connectivity index (χ1) is 22.3. The monoisotopic (exact) mass is 572 g/mol. The van der Waals surface area contributed by atoms with E-state index in [0.29, 0.717) is 0 Å². The number of imidazole rings is 1. The van der Waals surface area contributed by atoms with Crippen LogP contribution in [0.15, 0.2) is 170 Å². The largest absolute Gasteiger partial charge is 0.306 e. The van der Waals surface area contributed by atoms with Gasteiger partial charge in [0.15, 0.2) is 0 Å². The van der Waals surface area contributed by atoms with E-state index in [9.17, 15) is 0 Å². The number of nitrogens with zero attached hydrogens (tertiary/aromatic N) is 2. The van der Waals surface area contributed by atoms with Gasteiger partial charge in [-0.2, -0.15) is 0 Å². The Bertz CT molecular complexity index is 2470. The Balaban J connectivity index is 1.17. The lowest BCUT2D eigenvalue weighted by Crippen LogP contribution is -1.91. The van der Waals surface area contributed by atoms with E-state index in [1.165, 1.54) is 65.7 Å². The van der Waals surface area contributed by atoms with Crippen molar-refractivity contribution in [2.24, 2.45) is 0 Å². The molecule has 2 nitrogen and oxygen atoms in total. The van der Waals surface area contributed by atoms with Gasteiger partial charge in [-0.25, -0.2) is 4.98 Å². The van der Waals surface area contributed by atoms with E-state index in [4.69, 9.17) is 4.98 Å². The van der Waals surface area contributed by atoms with Crippen molar-refractivity contribution < 1.29 is 0 Å². The van der Waals surface area contributed by atoms with Crippen LogP contribution >= 0.6 is 0 Å². The lowest BCUT2D eigenvalue weighted by molar-refractivity contribution is 1.19. The summed E-state index contributed by atoms with van der Waals surface area (Å²) < 4.78 is 2.12. The lowest BCUT2D eigenvalue weighted by atomic mass is 9.85. The smallest absolute Gasteiger partial charge is 0.137 e. The summed E-state index contributed by atoms with van der Waals surface area (Å²) in [7, 11) is 0. The quantitative estimate of drug-likeness (QED) is 0.192. The van der Waals surface area contributed by atoms with Crippen molar-refractivity contribution in [3.05, 3.63) is 170 Å². The van der Waals surface area contributed by atoms with Gasteiger partial charge in [-0.3, -0.25) is 0 Å². The van der Waals surface area contributed by atoms with Crippen LogP contribution in [0.3, 0.4) is 0 Å². The zero-order chi connectivity index (χ0) is 29.7. The molecule has 2 heterocycles. The fourth-order valence-corrected chi connectivity index (χ4v) is 6.84. The summed E-state index contributed by atoms with van der Waals surface area (Å²) in [6, 6.07) is 56.7. The third-order valence-electron chi connectivity index (χ3n) is 9.00. The summed E-state index contributed by atoms with van der Waals surface area (Å²) >= 11 is 0. The van der Waals surface area contributed by atoms with Gasteiger partial charge in [0.1, 0.15) is 5.65 Å². The third kappa shape index (κ3) is 4.30. The van der Waals surface area contributed by atoms with Crippen LogP contribution in [-0.4, -0.2) is 9.38 Å². The minimum absolute atomic E-state index is 0.940. The Morgan fingerprint density at radius 3 is 1.58 bits per heavy atom. The van der Waals surface area contributed by atoms with Gasteiger partial charge in [0.2, 0.25) is 0 Å². The summed E-state index contributed by atoms with van der Waals surface area (Å²) in [5.74, 6) is 0. The van der Waals surface area contributed by atoms with Crippen molar-refractivity contribution >= 4 is 38.0 Å². The zero-order valence-corrected chi connectivity index (χ0v) is 24.6. The van der Waals surface area contributed by atoms with Gasteiger partial charge in [-0.15, -0.1) is 0 Å². The topological polar surface area (TPSA) is 17.3 Å². The number of aromatic nitrogens is 2. The Morgan fingerprint density at radius 2 is 0.889 bits per heavy atom. The molecule has 7 aromatic carbocycles. The minimum atomic E-state index is 0.940. The first kappa shape index (κ1) is 25.5. The van der Waals surface area contributed by atoms with E-state index in [1.54, 1.807) is 0 Å². The molecule has 0 unspecified atom stereocenters. The number of benzene rings is 7. The summed E-state index contributed by atoms with van der Waals surface area (Å²) in [6.45, 7) is 0. The van der Waals surface area contributed by atoms with Crippen LogP contribution in [0.4, 0.5) is 0 Å². The van der Waals surface area contributed by atoms with E-state index in [-0.39, 0.29) is 0 Å². The van der Waals surface area contributed by atoms with E-state index in [0.717, 1.165) is 16.9 Å². The Morgan fingerprint density at radius 1 is 0.356 bits per heavy atom. The first-order valence-electron chi connectivity index (χ1n) is 15.4. The minimum Gasteiger partial charge on any atom is -0.306 e. The van der Waals surface area contributed by atoms with E-state index in [1.807, 2.05) is 6.07 Å². The van der Waals surface area contributed by atoms with Gasteiger partial charge >= 0.3 is 0 Å². The molecule has 0 saturated heterocycles. The van der Waals surface area contributed by atoms with Crippen molar-refractivity contribution in [1.82, 2.24) is 9.38 Å². The number of hydrogen-bond acceptors (Lipinski definition) is 1. The Kier molecular flexibility index (Phi) is 5.85. The molecule has 210 valence electrons. The number of hydrogen-bond donors (Lipinski definition) is 0.